The van der Waals surface area contributed by atoms with Crippen molar-refractivity contribution in [2.75, 3.05) is 5.73 Å². The average Bonchev–Trinajstić information content (AvgIpc) is 2.71. The van der Waals surface area contributed by atoms with Gasteiger partial charge in [0.15, 0.2) is 0 Å². The van der Waals surface area contributed by atoms with Crippen molar-refractivity contribution in [1.29, 1.82) is 0 Å². The Morgan fingerprint density at radius 1 is 1.38 bits per heavy atom. The molecule has 0 spiro atoms. The third-order valence-electron chi connectivity index (χ3n) is 4.19. The van der Waals surface area contributed by atoms with Gasteiger partial charge in [-0.1, -0.05) is 0 Å². The molecular formula is C16H22BrN5O2. The van der Waals surface area contributed by atoms with Crippen LogP contribution >= 0.6 is 15.9 Å². The Morgan fingerprint density at radius 3 is 2.67 bits per heavy atom. The maximum Gasteiger partial charge on any atom is 0.411 e. The average molecular weight is 396 g/mol. The highest BCUT2D eigenvalue weighted by Gasteiger charge is 2.38. The van der Waals surface area contributed by atoms with E-state index in [-0.39, 0.29) is 18.2 Å². The second-order valence-corrected chi connectivity index (χ2v) is 7.97. The maximum absolute atomic E-state index is 12.7. The third kappa shape index (κ3) is 2.62. The smallest absolute Gasteiger partial charge is 0.411 e. The standard InChI is InChI=1S/C16H22BrN5O2/c1-8-6-21-12(9(2)22(8)15(23)24-16(3,4)5)11(17)10-13(18)19-7-20-14(10)21/h7-9H,6H2,1-5H3,(H2,18,19,20). The van der Waals surface area contributed by atoms with E-state index in [0.29, 0.717) is 12.4 Å². The zero-order valence-electron chi connectivity index (χ0n) is 14.5. The number of nitrogens with two attached hydrogens (primary N) is 1. The molecular weight excluding hydrogens is 374 g/mol. The summed E-state index contributed by atoms with van der Waals surface area (Å²) in [6, 6.07) is -0.201. The molecule has 1 amide bonds. The van der Waals surface area contributed by atoms with Gasteiger partial charge >= 0.3 is 6.09 Å². The number of ether oxygens (including phenoxy) is 1. The second kappa shape index (κ2) is 5.61. The lowest BCUT2D eigenvalue weighted by atomic mass is 10.1. The first-order valence-corrected chi connectivity index (χ1v) is 8.70. The molecule has 2 aromatic heterocycles. The first-order valence-electron chi connectivity index (χ1n) is 7.91. The molecule has 3 rings (SSSR count). The second-order valence-electron chi connectivity index (χ2n) is 7.18. The molecule has 0 saturated carbocycles. The molecule has 2 aromatic rings. The molecule has 0 bridgehead atoms. The predicted molar refractivity (Wildman–Crippen MR) is 95.6 cm³/mol. The van der Waals surface area contributed by atoms with Crippen LogP contribution in [-0.2, 0) is 11.3 Å². The van der Waals surface area contributed by atoms with Gasteiger partial charge in [0.05, 0.1) is 27.6 Å². The molecule has 2 unspecified atom stereocenters. The van der Waals surface area contributed by atoms with Gasteiger partial charge in [-0.05, 0) is 50.5 Å². The highest BCUT2D eigenvalue weighted by Crippen LogP contribution is 2.41. The Labute approximate surface area is 149 Å². The van der Waals surface area contributed by atoms with Gasteiger partial charge in [-0.25, -0.2) is 14.8 Å². The number of nitrogens with zero attached hydrogens (tertiary/aromatic N) is 4. The summed E-state index contributed by atoms with van der Waals surface area (Å²) in [6.45, 7) is 10.2. The maximum atomic E-state index is 12.7. The summed E-state index contributed by atoms with van der Waals surface area (Å²) in [7, 11) is 0. The summed E-state index contributed by atoms with van der Waals surface area (Å²) < 4.78 is 8.52. The van der Waals surface area contributed by atoms with E-state index in [4.69, 9.17) is 10.5 Å². The van der Waals surface area contributed by atoms with E-state index in [2.05, 4.69) is 30.5 Å². The van der Waals surface area contributed by atoms with E-state index in [1.165, 1.54) is 6.33 Å². The quantitative estimate of drug-likeness (QED) is 0.737. The van der Waals surface area contributed by atoms with Crippen molar-refractivity contribution in [3.63, 3.8) is 0 Å². The SMILES string of the molecule is CC1Cn2c(c(Br)c3c(N)ncnc32)C(C)N1C(=O)OC(C)(C)C. The highest BCUT2D eigenvalue weighted by atomic mass is 79.9. The lowest BCUT2D eigenvalue weighted by molar-refractivity contribution is 0.000812. The summed E-state index contributed by atoms with van der Waals surface area (Å²) in [5.74, 6) is 0.428. The summed E-state index contributed by atoms with van der Waals surface area (Å²) in [5, 5.41) is 0.789. The molecule has 0 fully saturated rings. The van der Waals surface area contributed by atoms with Gasteiger partial charge in [0.25, 0.3) is 0 Å². The zero-order valence-corrected chi connectivity index (χ0v) is 16.1. The highest BCUT2D eigenvalue weighted by molar-refractivity contribution is 9.10. The minimum atomic E-state index is -0.534. The van der Waals surface area contributed by atoms with E-state index in [1.807, 2.05) is 34.6 Å². The first-order chi connectivity index (χ1) is 11.1. The van der Waals surface area contributed by atoms with Crippen molar-refractivity contribution in [2.24, 2.45) is 0 Å². The van der Waals surface area contributed by atoms with Crippen LogP contribution in [0.3, 0.4) is 0 Å². The van der Waals surface area contributed by atoms with Crippen LogP contribution < -0.4 is 5.73 Å². The monoisotopic (exact) mass is 395 g/mol. The fraction of sp³-hybridized carbons (Fsp3) is 0.562. The molecule has 1 aliphatic heterocycles. The Morgan fingerprint density at radius 2 is 2.04 bits per heavy atom. The van der Waals surface area contributed by atoms with E-state index >= 15 is 0 Å². The molecule has 0 aromatic carbocycles. The van der Waals surface area contributed by atoms with Crippen molar-refractivity contribution in [1.82, 2.24) is 19.4 Å². The van der Waals surface area contributed by atoms with Crippen LogP contribution in [0.1, 0.15) is 46.4 Å². The Balaban J connectivity index is 2.10. The number of hydrogen-bond acceptors (Lipinski definition) is 5. The van der Waals surface area contributed by atoms with E-state index < -0.39 is 5.60 Å². The number of amides is 1. The van der Waals surface area contributed by atoms with Gasteiger partial charge in [-0.2, -0.15) is 0 Å². The van der Waals surface area contributed by atoms with E-state index in [0.717, 1.165) is 21.2 Å². The third-order valence-corrected chi connectivity index (χ3v) is 4.99. The number of nitrogen functional groups attached to an aromatic ring is 1. The number of aromatic nitrogens is 3. The number of rotatable bonds is 0. The van der Waals surface area contributed by atoms with E-state index in [9.17, 15) is 4.79 Å². The number of carbonyl (C=O) groups is 1. The summed E-state index contributed by atoms with van der Waals surface area (Å²) in [4.78, 5) is 22.9. The predicted octanol–water partition coefficient (Wildman–Crippen LogP) is 3.48. The van der Waals surface area contributed by atoms with Crippen molar-refractivity contribution < 1.29 is 9.53 Å². The van der Waals surface area contributed by atoms with Gasteiger partial charge < -0.3 is 15.0 Å². The van der Waals surface area contributed by atoms with Crippen LogP contribution in [-0.4, -0.2) is 37.2 Å². The summed E-state index contributed by atoms with van der Waals surface area (Å²) in [5.41, 5.74) is 7.24. The van der Waals surface area contributed by atoms with Crippen LogP contribution in [0.15, 0.2) is 10.8 Å². The molecule has 130 valence electrons. The van der Waals surface area contributed by atoms with Gasteiger partial charge in [-0.3, -0.25) is 4.90 Å². The van der Waals surface area contributed by atoms with Gasteiger partial charge in [0.2, 0.25) is 0 Å². The van der Waals surface area contributed by atoms with Crippen LogP contribution in [0.4, 0.5) is 10.6 Å². The minimum Gasteiger partial charge on any atom is -0.444 e. The summed E-state index contributed by atoms with van der Waals surface area (Å²) >= 11 is 3.63. The van der Waals surface area contributed by atoms with Crippen molar-refractivity contribution in [2.45, 2.75) is 58.8 Å². The molecule has 8 heteroatoms. The molecule has 1 aliphatic rings. The van der Waals surface area contributed by atoms with Crippen LogP contribution in [0.2, 0.25) is 0 Å². The lowest BCUT2D eigenvalue weighted by Gasteiger charge is -2.40. The molecule has 0 saturated heterocycles. The minimum absolute atomic E-state index is 0.0268. The lowest BCUT2D eigenvalue weighted by Crippen LogP contribution is -2.48. The molecule has 24 heavy (non-hydrogen) atoms. The number of anilines is 1. The molecule has 0 radical (unpaired) electrons. The van der Waals surface area contributed by atoms with Crippen LogP contribution in [0, 0.1) is 0 Å². The van der Waals surface area contributed by atoms with Crippen LogP contribution in [0.25, 0.3) is 11.0 Å². The molecule has 0 aliphatic carbocycles. The number of halogens is 1. The van der Waals surface area contributed by atoms with Crippen LogP contribution in [0.5, 0.6) is 0 Å². The molecule has 7 nitrogen and oxygen atoms in total. The topological polar surface area (TPSA) is 86.3 Å². The Hall–Kier alpha value is -1.83. The Bertz CT molecular complexity index is 811. The van der Waals surface area contributed by atoms with Crippen molar-refractivity contribution in [3.05, 3.63) is 16.5 Å². The van der Waals surface area contributed by atoms with E-state index in [1.54, 1.807) is 4.90 Å². The van der Waals surface area contributed by atoms with Gasteiger partial charge in [0, 0.05) is 6.54 Å². The fourth-order valence-corrected chi connectivity index (χ4v) is 4.20. The van der Waals surface area contributed by atoms with Gasteiger partial charge in [-0.15, -0.1) is 0 Å². The molecule has 3 heterocycles. The zero-order chi connectivity index (χ0) is 17.8. The van der Waals surface area contributed by atoms with Crippen molar-refractivity contribution in [3.8, 4) is 0 Å². The Kier molecular flexibility index (Phi) is 3.98. The summed E-state index contributed by atoms with van der Waals surface area (Å²) in [6.07, 6.45) is 1.15. The number of hydrogen-bond donors (Lipinski definition) is 1. The van der Waals surface area contributed by atoms with Crippen molar-refractivity contribution >= 4 is 38.9 Å². The molecule has 2 atom stereocenters. The number of fused-ring (bicyclic) bond motifs is 3. The first kappa shape index (κ1) is 17.0. The fourth-order valence-electron chi connectivity index (χ4n) is 3.28. The molecule has 2 N–H and O–H groups in total. The number of carbonyl (C=O) groups excluding carboxylic acids is 1. The normalized spacial score (nSPS) is 21.0. The largest absolute Gasteiger partial charge is 0.444 e. The van der Waals surface area contributed by atoms with Gasteiger partial charge in [0.1, 0.15) is 23.4 Å².